The number of aryl methyl sites for hydroxylation is 1. The quantitative estimate of drug-likeness (QED) is 0.547. The molecule has 0 spiro atoms. The third-order valence-electron chi connectivity index (χ3n) is 3.01. The van der Waals surface area contributed by atoms with Crippen molar-refractivity contribution in [2.75, 3.05) is 18.6 Å². The summed E-state index contributed by atoms with van der Waals surface area (Å²) in [5, 5.41) is 10.2. The molecule has 2 N–H and O–H groups in total. The van der Waals surface area contributed by atoms with Gasteiger partial charge in [-0.25, -0.2) is 13.4 Å². The summed E-state index contributed by atoms with van der Waals surface area (Å²) >= 11 is 0. The molecule has 7 nitrogen and oxygen atoms in total. The van der Waals surface area contributed by atoms with Crippen LogP contribution in [0.15, 0.2) is 15.6 Å². The van der Waals surface area contributed by atoms with Crippen LogP contribution in [-0.2, 0) is 22.8 Å². The van der Waals surface area contributed by atoms with Crippen LogP contribution in [0.4, 0.5) is 0 Å². The normalized spacial score (nSPS) is 13.9. The lowest BCUT2D eigenvalue weighted by Gasteiger charge is -2.17. The zero-order valence-electron chi connectivity index (χ0n) is 13.7. The van der Waals surface area contributed by atoms with E-state index >= 15 is 0 Å². The molecule has 0 fully saturated rings. The molecule has 1 atom stereocenters. The maximum Gasteiger partial charge on any atom is 0.191 e. The first-order valence-electron chi connectivity index (χ1n) is 7.51. The second kappa shape index (κ2) is 8.77. The lowest BCUT2D eigenvalue weighted by Crippen LogP contribution is -2.42. The van der Waals surface area contributed by atoms with Crippen molar-refractivity contribution in [2.45, 2.75) is 46.2 Å². The summed E-state index contributed by atoms with van der Waals surface area (Å²) in [5.41, 5.74) is 0.907. The summed E-state index contributed by atoms with van der Waals surface area (Å²) in [5.74, 6) is 1.50. The monoisotopic (exact) mass is 330 g/mol. The van der Waals surface area contributed by atoms with Crippen molar-refractivity contribution >= 4 is 15.8 Å². The Morgan fingerprint density at radius 2 is 2.18 bits per heavy atom. The van der Waals surface area contributed by atoms with Gasteiger partial charge in [0.1, 0.15) is 16.4 Å². The van der Waals surface area contributed by atoms with Crippen LogP contribution in [0.2, 0.25) is 0 Å². The van der Waals surface area contributed by atoms with Crippen LogP contribution in [-0.4, -0.2) is 44.1 Å². The third kappa shape index (κ3) is 7.44. The Morgan fingerprint density at radius 1 is 1.45 bits per heavy atom. The summed E-state index contributed by atoms with van der Waals surface area (Å²) in [6.45, 7) is 7.03. The fraction of sp³-hybridized carbons (Fsp3) is 0.714. The molecule has 0 aliphatic heterocycles. The van der Waals surface area contributed by atoms with E-state index in [0.717, 1.165) is 18.7 Å². The summed E-state index contributed by atoms with van der Waals surface area (Å²) in [6.07, 6.45) is 2.60. The molecule has 1 aromatic rings. The van der Waals surface area contributed by atoms with Crippen LogP contribution in [0.1, 0.15) is 38.6 Å². The number of nitrogens with zero attached hydrogens (tertiary/aromatic N) is 2. The standard InChI is InChI=1S/C14H26N4O3S/c1-5-12-9-13(21-18-12)10-16-14(15-6-2)17-11(3)7-8-22(4,19)20/h9,11H,5-8,10H2,1-4H3,(H2,15,16,17). The molecule has 0 amide bonds. The second-order valence-electron chi connectivity index (χ2n) is 5.30. The Hall–Kier alpha value is -1.57. The molecule has 1 aromatic heterocycles. The van der Waals surface area contributed by atoms with E-state index in [1.165, 1.54) is 6.26 Å². The van der Waals surface area contributed by atoms with Gasteiger partial charge in [-0.3, -0.25) is 0 Å². The Bertz CT molecular complexity index is 581. The smallest absolute Gasteiger partial charge is 0.191 e. The van der Waals surface area contributed by atoms with Gasteiger partial charge in [0.15, 0.2) is 11.7 Å². The number of hydrogen-bond donors (Lipinski definition) is 2. The van der Waals surface area contributed by atoms with Crippen LogP contribution in [0.5, 0.6) is 0 Å². The maximum atomic E-state index is 11.2. The van der Waals surface area contributed by atoms with Crippen molar-refractivity contribution in [1.82, 2.24) is 15.8 Å². The second-order valence-corrected chi connectivity index (χ2v) is 7.56. The molecule has 1 heterocycles. The first kappa shape index (κ1) is 18.5. The molecule has 1 unspecified atom stereocenters. The number of aromatic nitrogens is 1. The first-order valence-corrected chi connectivity index (χ1v) is 9.57. The summed E-state index contributed by atoms with van der Waals surface area (Å²) < 4.78 is 27.6. The molecule has 126 valence electrons. The zero-order chi connectivity index (χ0) is 16.6. The minimum Gasteiger partial charge on any atom is -0.359 e. The topological polar surface area (TPSA) is 96.6 Å². The van der Waals surface area contributed by atoms with Gasteiger partial charge in [0.2, 0.25) is 0 Å². The highest BCUT2D eigenvalue weighted by Crippen LogP contribution is 2.05. The van der Waals surface area contributed by atoms with Crippen LogP contribution >= 0.6 is 0 Å². The van der Waals surface area contributed by atoms with Gasteiger partial charge in [0, 0.05) is 24.9 Å². The van der Waals surface area contributed by atoms with E-state index in [4.69, 9.17) is 4.52 Å². The lowest BCUT2D eigenvalue weighted by molar-refractivity contribution is 0.379. The number of nitrogens with one attached hydrogen (secondary N) is 2. The molecule has 22 heavy (non-hydrogen) atoms. The van der Waals surface area contributed by atoms with Crippen LogP contribution in [0, 0.1) is 0 Å². The number of aliphatic imine (C=N–C) groups is 1. The minimum atomic E-state index is -2.95. The van der Waals surface area contributed by atoms with Gasteiger partial charge >= 0.3 is 0 Å². The van der Waals surface area contributed by atoms with E-state index in [1.807, 2.05) is 26.8 Å². The van der Waals surface area contributed by atoms with E-state index < -0.39 is 9.84 Å². The van der Waals surface area contributed by atoms with E-state index in [2.05, 4.69) is 20.8 Å². The fourth-order valence-corrected chi connectivity index (χ4v) is 2.55. The molecule has 0 aliphatic carbocycles. The van der Waals surface area contributed by atoms with Crippen molar-refractivity contribution in [1.29, 1.82) is 0 Å². The summed E-state index contributed by atoms with van der Waals surface area (Å²) in [7, 11) is -2.95. The van der Waals surface area contributed by atoms with Gasteiger partial charge < -0.3 is 15.2 Å². The lowest BCUT2D eigenvalue weighted by atomic mass is 10.3. The van der Waals surface area contributed by atoms with Gasteiger partial charge in [-0.15, -0.1) is 0 Å². The molecule has 0 radical (unpaired) electrons. The van der Waals surface area contributed by atoms with Crippen molar-refractivity contribution in [3.8, 4) is 0 Å². The Kier molecular flexibility index (Phi) is 7.37. The molecule has 8 heteroatoms. The van der Waals surface area contributed by atoms with Crippen LogP contribution < -0.4 is 10.6 Å². The highest BCUT2D eigenvalue weighted by molar-refractivity contribution is 7.90. The average molecular weight is 330 g/mol. The SMILES string of the molecule is CCNC(=NCc1cc(CC)no1)NC(C)CCS(C)(=O)=O. The van der Waals surface area contributed by atoms with E-state index in [-0.39, 0.29) is 11.8 Å². The van der Waals surface area contributed by atoms with Gasteiger partial charge in [-0.1, -0.05) is 12.1 Å². The number of hydrogen-bond acceptors (Lipinski definition) is 5. The van der Waals surface area contributed by atoms with E-state index in [1.54, 1.807) is 0 Å². The average Bonchev–Trinajstić information content (AvgIpc) is 2.90. The van der Waals surface area contributed by atoms with Gasteiger partial charge in [-0.05, 0) is 26.7 Å². The predicted molar refractivity (Wildman–Crippen MR) is 87.6 cm³/mol. The van der Waals surface area contributed by atoms with E-state index in [0.29, 0.717) is 24.7 Å². The molecule has 0 bridgehead atoms. The number of sulfone groups is 1. The molecular weight excluding hydrogens is 304 g/mol. The van der Waals surface area contributed by atoms with Crippen molar-refractivity contribution in [2.24, 2.45) is 4.99 Å². The molecular formula is C14H26N4O3S. The third-order valence-corrected chi connectivity index (χ3v) is 3.99. The van der Waals surface area contributed by atoms with Crippen LogP contribution in [0.25, 0.3) is 0 Å². The fourth-order valence-electron chi connectivity index (χ4n) is 1.77. The largest absolute Gasteiger partial charge is 0.359 e. The number of rotatable bonds is 8. The zero-order valence-corrected chi connectivity index (χ0v) is 14.5. The molecule has 0 saturated heterocycles. The summed E-state index contributed by atoms with van der Waals surface area (Å²) in [6, 6.07) is 1.90. The molecule has 0 aliphatic rings. The Balaban J connectivity index is 2.57. The molecule has 0 saturated carbocycles. The predicted octanol–water partition coefficient (Wildman–Crippen LogP) is 1.12. The first-order chi connectivity index (χ1) is 10.3. The Labute approximate surface area is 132 Å². The highest BCUT2D eigenvalue weighted by atomic mass is 32.2. The van der Waals surface area contributed by atoms with Crippen molar-refractivity contribution < 1.29 is 12.9 Å². The highest BCUT2D eigenvalue weighted by Gasteiger charge is 2.10. The number of guanidine groups is 1. The van der Waals surface area contributed by atoms with Crippen LogP contribution in [0.3, 0.4) is 0 Å². The molecule has 0 aromatic carbocycles. The minimum absolute atomic E-state index is 0.00783. The Morgan fingerprint density at radius 3 is 2.73 bits per heavy atom. The van der Waals surface area contributed by atoms with Gasteiger partial charge in [0.05, 0.1) is 11.4 Å². The molecule has 1 rings (SSSR count). The summed E-state index contributed by atoms with van der Waals surface area (Å²) in [4.78, 5) is 4.43. The van der Waals surface area contributed by atoms with Crippen molar-refractivity contribution in [3.05, 3.63) is 17.5 Å². The van der Waals surface area contributed by atoms with Gasteiger partial charge in [-0.2, -0.15) is 0 Å². The maximum absolute atomic E-state index is 11.2. The van der Waals surface area contributed by atoms with E-state index in [9.17, 15) is 8.42 Å². The van der Waals surface area contributed by atoms with Crippen molar-refractivity contribution in [3.63, 3.8) is 0 Å². The van der Waals surface area contributed by atoms with Gasteiger partial charge in [0.25, 0.3) is 0 Å².